The van der Waals surface area contributed by atoms with Crippen molar-refractivity contribution in [1.82, 2.24) is 34.3 Å². The fraction of sp³-hybridized carbons (Fsp3) is 0.417. The number of aromatic nitrogens is 5. The third kappa shape index (κ3) is 5.68. The highest BCUT2D eigenvalue weighted by molar-refractivity contribution is 6.00. The molecule has 1 fully saturated rings. The fourth-order valence-electron chi connectivity index (χ4n) is 7.19. The number of nitrogens with two attached hydrogens (primary N) is 1. The topological polar surface area (TPSA) is 142 Å². The zero-order chi connectivity index (χ0) is 33.5. The van der Waals surface area contributed by atoms with Crippen molar-refractivity contribution in [3.63, 3.8) is 0 Å². The molecular weight excluding hydrogens is 608 g/mol. The van der Waals surface area contributed by atoms with Crippen LogP contribution in [0.2, 0.25) is 0 Å². The van der Waals surface area contributed by atoms with Gasteiger partial charge in [-0.2, -0.15) is 0 Å². The first-order chi connectivity index (χ1) is 23.3. The highest BCUT2D eigenvalue weighted by Crippen LogP contribution is 2.35. The number of rotatable bonds is 4. The molecule has 12 nitrogen and oxygen atoms in total. The van der Waals surface area contributed by atoms with E-state index in [0.29, 0.717) is 41.9 Å². The lowest BCUT2D eigenvalue weighted by Gasteiger charge is -2.36. The maximum absolute atomic E-state index is 13.7. The van der Waals surface area contributed by atoms with Gasteiger partial charge in [0.05, 0.1) is 36.2 Å². The number of fused-ring (bicyclic) bond motifs is 3. The van der Waals surface area contributed by atoms with E-state index >= 15 is 0 Å². The molecule has 250 valence electrons. The lowest BCUT2D eigenvalue weighted by atomic mass is 10.0. The molecule has 3 N–H and O–H groups in total. The number of amides is 2. The van der Waals surface area contributed by atoms with Gasteiger partial charge in [0.25, 0.3) is 11.8 Å². The van der Waals surface area contributed by atoms with Crippen LogP contribution >= 0.6 is 0 Å². The van der Waals surface area contributed by atoms with Gasteiger partial charge in [-0.15, -0.1) is 0 Å². The Morgan fingerprint density at radius 3 is 2.71 bits per heavy atom. The molecule has 2 aliphatic heterocycles. The van der Waals surface area contributed by atoms with Crippen LogP contribution in [0.15, 0.2) is 48.8 Å². The third-order valence-corrected chi connectivity index (χ3v) is 9.85. The predicted octanol–water partition coefficient (Wildman–Crippen LogP) is 4.40. The number of aryl methyl sites for hydroxylation is 3. The second-order valence-electron chi connectivity index (χ2n) is 12.9. The van der Waals surface area contributed by atoms with Gasteiger partial charge in [-0.1, -0.05) is 6.42 Å². The molecule has 12 heteroatoms. The summed E-state index contributed by atoms with van der Waals surface area (Å²) < 4.78 is 15.6. The molecular formula is C36H42N8O4. The summed E-state index contributed by atoms with van der Waals surface area (Å²) in [5, 5.41) is 4.13. The van der Waals surface area contributed by atoms with Crippen LogP contribution in [0.5, 0.6) is 5.75 Å². The number of methoxy groups -OCH3 is 2. The molecule has 48 heavy (non-hydrogen) atoms. The Morgan fingerprint density at radius 1 is 1.06 bits per heavy atom. The third-order valence-electron chi connectivity index (χ3n) is 9.85. The fourth-order valence-corrected chi connectivity index (χ4v) is 7.19. The van der Waals surface area contributed by atoms with Crippen molar-refractivity contribution in [3.05, 3.63) is 71.2 Å². The van der Waals surface area contributed by atoms with E-state index in [1.165, 1.54) is 0 Å². The van der Waals surface area contributed by atoms with Crippen molar-refractivity contribution in [2.24, 2.45) is 12.8 Å². The summed E-state index contributed by atoms with van der Waals surface area (Å²) in [5.41, 5.74) is 12.5. The van der Waals surface area contributed by atoms with E-state index in [1.54, 1.807) is 43.6 Å². The predicted molar refractivity (Wildman–Crippen MR) is 183 cm³/mol. The van der Waals surface area contributed by atoms with Crippen molar-refractivity contribution in [3.8, 4) is 17.3 Å². The Hall–Kier alpha value is -4.81. The summed E-state index contributed by atoms with van der Waals surface area (Å²) in [7, 11) is 5.24. The Morgan fingerprint density at radius 2 is 1.92 bits per heavy atom. The molecule has 0 unspecified atom stereocenters. The maximum Gasteiger partial charge on any atom is 0.254 e. The summed E-state index contributed by atoms with van der Waals surface area (Å²) in [6.45, 7) is 3.69. The molecule has 2 bridgehead atoms. The van der Waals surface area contributed by atoms with Crippen LogP contribution in [0.25, 0.3) is 33.6 Å². The number of piperidine rings is 1. The quantitative estimate of drug-likeness (QED) is 0.292. The highest BCUT2D eigenvalue weighted by Gasteiger charge is 2.31. The van der Waals surface area contributed by atoms with E-state index in [0.717, 1.165) is 71.6 Å². The van der Waals surface area contributed by atoms with Gasteiger partial charge in [-0.25, -0.2) is 9.97 Å². The normalized spacial score (nSPS) is 20.5. The number of hydrogen-bond donors (Lipinski definition) is 2. The Bertz CT molecular complexity index is 2020. The minimum absolute atomic E-state index is 0.0606. The lowest BCUT2D eigenvalue weighted by molar-refractivity contribution is 0.0227. The number of benzene rings is 1. The zero-order valence-electron chi connectivity index (χ0n) is 27.9. The largest absolute Gasteiger partial charge is 0.494 e. The van der Waals surface area contributed by atoms with E-state index < -0.39 is 0 Å². The first-order valence-electron chi connectivity index (χ1n) is 16.6. The molecule has 1 saturated heterocycles. The first-order valence-corrected chi connectivity index (χ1v) is 16.6. The number of imidazole rings is 1. The highest BCUT2D eigenvalue weighted by atomic mass is 16.5. The van der Waals surface area contributed by atoms with Crippen LogP contribution in [0, 0.1) is 0 Å². The van der Waals surface area contributed by atoms with E-state index in [1.807, 2.05) is 30.7 Å². The molecule has 1 aromatic carbocycles. The average Bonchev–Trinajstić information content (AvgIpc) is 3.63. The number of carbonyl (C=O) groups excluding carboxylic acids is 2. The first kappa shape index (κ1) is 31.8. The summed E-state index contributed by atoms with van der Waals surface area (Å²) >= 11 is 0. The Kier molecular flexibility index (Phi) is 8.61. The number of ether oxygens (including phenoxy) is 2. The van der Waals surface area contributed by atoms with Crippen molar-refractivity contribution >= 4 is 33.9 Å². The lowest BCUT2D eigenvalue weighted by Crippen LogP contribution is -2.53. The molecule has 3 atom stereocenters. The van der Waals surface area contributed by atoms with Crippen molar-refractivity contribution < 1.29 is 19.1 Å². The van der Waals surface area contributed by atoms with Crippen LogP contribution in [0.4, 0.5) is 0 Å². The molecule has 0 aliphatic carbocycles. The zero-order valence-corrected chi connectivity index (χ0v) is 27.9. The monoisotopic (exact) mass is 650 g/mol. The van der Waals surface area contributed by atoms with Crippen LogP contribution in [-0.2, 0) is 24.8 Å². The van der Waals surface area contributed by atoms with Gasteiger partial charge in [-0.05, 0) is 74.6 Å². The number of carbonyl (C=O) groups is 2. The van der Waals surface area contributed by atoms with Crippen molar-refractivity contribution in [2.45, 2.75) is 63.8 Å². The SMILES string of the molecule is COc1cc(C(=O)N2CC[C@@H](OC)[C@@H](N)C2)cc2nc(-c3cc4ccc5nc4n3CCCCCc3cnccc3C(=O)N[C@@H]5C)n(C)c12. The van der Waals surface area contributed by atoms with Gasteiger partial charge in [0.1, 0.15) is 16.9 Å². The Balaban J connectivity index is 1.27. The van der Waals surface area contributed by atoms with E-state index in [-0.39, 0.29) is 30.0 Å². The van der Waals surface area contributed by atoms with Gasteiger partial charge in [0.2, 0.25) is 0 Å². The van der Waals surface area contributed by atoms with Crippen LogP contribution in [0.1, 0.15) is 70.6 Å². The summed E-state index contributed by atoms with van der Waals surface area (Å²) in [4.78, 5) is 43.2. The smallest absolute Gasteiger partial charge is 0.254 e. The minimum Gasteiger partial charge on any atom is -0.494 e. The second kappa shape index (κ2) is 13.0. The van der Waals surface area contributed by atoms with Crippen LogP contribution in [0.3, 0.4) is 0 Å². The van der Waals surface area contributed by atoms with Crippen LogP contribution in [-0.4, -0.2) is 80.3 Å². The van der Waals surface area contributed by atoms with E-state index in [4.69, 9.17) is 25.2 Å². The van der Waals surface area contributed by atoms with E-state index in [9.17, 15) is 9.59 Å². The van der Waals surface area contributed by atoms with Gasteiger partial charge >= 0.3 is 0 Å². The molecule has 4 aromatic heterocycles. The number of pyridine rings is 2. The van der Waals surface area contributed by atoms with Gasteiger partial charge in [0, 0.05) is 68.7 Å². The molecule has 2 amide bonds. The van der Waals surface area contributed by atoms with Crippen molar-refractivity contribution in [1.29, 1.82) is 0 Å². The minimum atomic E-state index is -0.302. The molecule has 0 spiro atoms. The molecule has 7 rings (SSSR count). The molecule has 5 aromatic rings. The summed E-state index contributed by atoms with van der Waals surface area (Å²) in [5.74, 6) is 1.10. The number of likely N-dealkylation sites (tertiary alicyclic amines) is 1. The second-order valence-corrected chi connectivity index (χ2v) is 12.9. The molecule has 6 heterocycles. The molecule has 0 saturated carbocycles. The Labute approximate surface area is 279 Å². The summed E-state index contributed by atoms with van der Waals surface area (Å²) in [6.07, 6.45) is 7.71. The number of nitrogens with one attached hydrogen (secondary N) is 1. The van der Waals surface area contributed by atoms with Crippen LogP contribution < -0.4 is 15.8 Å². The molecule has 0 radical (unpaired) electrons. The van der Waals surface area contributed by atoms with Gasteiger partial charge < -0.3 is 34.6 Å². The summed E-state index contributed by atoms with van der Waals surface area (Å²) in [6, 6.07) is 11.0. The average molecular weight is 651 g/mol. The number of hydrogen-bond acceptors (Lipinski definition) is 8. The number of nitrogens with zero attached hydrogens (tertiary/aromatic N) is 6. The maximum atomic E-state index is 13.7. The van der Waals surface area contributed by atoms with Gasteiger partial charge in [0.15, 0.2) is 5.82 Å². The standard InChI is InChI=1S/C36H42N8O4/c1-21-27-10-9-22-17-29(44(33(22)40-27)14-7-5-6-8-23-19-38-13-11-25(23)35(45)39-21)34-41-28-16-24(18-31(48-4)32(28)42(34)2)36(46)43-15-12-30(47-3)26(37)20-43/h9-11,13,16-19,21,26,30H,5-8,12,14-15,20,37H2,1-4H3,(H,39,45)/t21-,26+,30-/m1/s1. The van der Waals surface area contributed by atoms with Gasteiger partial charge in [-0.3, -0.25) is 14.6 Å². The van der Waals surface area contributed by atoms with Crippen molar-refractivity contribution in [2.75, 3.05) is 27.3 Å². The van der Waals surface area contributed by atoms with E-state index in [2.05, 4.69) is 27.0 Å². The molecule has 2 aliphatic rings.